The van der Waals surface area contributed by atoms with E-state index in [0.717, 1.165) is 12.7 Å². The van der Waals surface area contributed by atoms with Gasteiger partial charge in [0, 0.05) is 27.1 Å². The van der Waals surface area contributed by atoms with Crippen LogP contribution >= 0.6 is 0 Å². The maximum atomic E-state index is 10.5. The molecule has 0 saturated carbocycles. The number of hydrogen-bond donors (Lipinski definition) is 1. The van der Waals surface area contributed by atoms with Crippen LogP contribution in [-0.2, 0) is 16.3 Å². The average Bonchev–Trinajstić information content (AvgIpc) is 2.70. The maximum Gasteiger partial charge on any atom is 0.137 e. The molecule has 1 rings (SSSR count). The lowest BCUT2D eigenvalue weighted by molar-refractivity contribution is -0.108. The molecule has 0 aliphatic carbocycles. The zero-order chi connectivity index (χ0) is 13.6. The third-order valence-electron chi connectivity index (χ3n) is 2.47. The van der Waals surface area contributed by atoms with Crippen LogP contribution in [0.1, 0.15) is 5.82 Å². The molecule has 18 heavy (non-hydrogen) atoms. The van der Waals surface area contributed by atoms with Crippen molar-refractivity contribution >= 4 is 14.4 Å². The fourth-order valence-electron chi connectivity index (χ4n) is 1.34. The average molecular weight is 268 g/mol. The summed E-state index contributed by atoms with van der Waals surface area (Å²) in [5.41, 5.74) is 5.53. The highest BCUT2D eigenvalue weighted by molar-refractivity contribution is 6.76. The van der Waals surface area contributed by atoms with E-state index < -0.39 is 14.1 Å². The summed E-state index contributed by atoms with van der Waals surface area (Å²) in [6.45, 7) is 8.15. The van der Waals surface area contributed by atoms with Crippen molar-refractivity contribution in [2.75, 3.05) is 6.61 Å². The van der Waals surface area contributed by atoms with Crippen LogP contribution in [0.2, 0.25) is 25.7 Å². The number of carbonyl (C=O) groups is 1. The fraction of sp³-hybridized carbons (Fsp3) is 0.583. The predicted octanol–water partition coefficient (Wildman–Crippen LogP) is 1.27. The molecule has 0 spiro atoms. The first kappa shape index (κ1) is 15.1. The molecule has 0 amide bonds. The molecule has 1 heterocycles. The molecule has 0 fully saturated rings. The topological polar surface area (TPSA) is 70.1 Å². The SMILES string of the molecule is C[Si](C)(C)CCOCn1ccnc1[CH][C@H](N)C=O. The van der Waals surface area contributed by atoms with Gasteiger partial charge in [0.05, 0.1) is 12.5 Å². The lowest BCUT2D eigenvalue weighted by atomic mass is 10.2. The van der Waals surface area contributed by atoms with Crippen LogP contribution in [0.25, 0.3) is 0 Å². The van der Waals surface area contributed by atoms with Gasteiger partial charge in [0.15, 0.2) is 0 Å². The molecule has 5 nitrogen and oxygen atoms in total. The Morgan fingerprint density at radius 2 is 2.28 bits per heavy atom. The predicted molar refractivity (Wildman–Crippen MR) is 73.8 cm³/mol. The molecule has 0 unspecified atom stereocenters. The van der Waals surface area contributed by atoms with Crippen LogP contribution in [0.3, 0.4) is 0 Å². The van der Waals surface area contributed by atoms with E-state index in [2.05, 4.69) is 24.6 Å². The number of nitrogens with two attached hydrogens (primary N) is 1. The van der Waals surface area contributed by atoms with E-state index in [4.69, 9.17) is 10.5 Å². The standard InChI is InChI=1S/C12H22N3O2Si/c1-18(2,3)7-6-17-10-15-5-4-14-12(15)8-11(13)9-16/h4-5,8-9,11H,6-7,10,13H2,1-3H3/t11-/m0/s1. The minimum absolute atomic E-state index is 0.446. The molecule has 0 saturated heterocycles. The summed E-state index contributed by atoms with van der Waals surface area (Å²) >= 11 is 0. The van der Waals surface area contributed by atoms with Gasteiger partial charge in [-0.05, 0) is 6.04 Å². The Kier molecular flexibility index (Phi) is 5.71. The molecule has 1 radical (unpaired) electrons. The Hall–Kier alpha value is -0.983. The Morgan fingerprint density at radius 3 is 2.89 bits per heavy atom. The van der Waals surface area contributed by atoms with Gasteiger partial charge in [-0.25, -0.2) is 4.98 Å². The van der Waals surface area contributed by atoms with Crippen LogP contribution in [0.4, 0.5) is 0 Å². The lowest BCUT2D eigenvalue weighted by Crippen LogP contribution is -2.25. The highest BCUT2D eigenvalue weighted by atomic mass is 28.3. The second-order valence-electron chi connectivity index (χ2n) is 5.48. The van der Waals surface area contributed by atoms with Crippen molar-refractivity contribution in [1.29, 1.82) is 0 Å². The Labute approximate surface area is 109 Å². The van der Waals surface area contributed by atoms with E-state index >= 15 is 0 Å². The summed E-state index contributed by atoms with van der Waals surface area (Å²) in [6.07, 6.45) is 5.79. The molecule has 1 atom stereocenters. The maximum absolute atomic E-state index is 10.5. The minimum atomic E-state index is -1.05. The van der Waals surface area contributed by atoms with Crippen molar-refractivity contribution < 1.29 is 9.53 Å². The number of aromatic nitrogens is 2. The minimum Gasteiger partial charge on any atom is -0.361 e. The third-order valence-corrected chi connectivity index (χ3v) is 4.18. The molecule has 0 aliphatic heterocycles. The highest BCUT2D eigenvalue weighted by Crippen LogP contribution is 2.08. The van der Waals surface area contributed by atoms with Crippen LogP contribution in [-0.4, -0.2) is 36.6 Å². The van der Waals surface area contributed by atoms with Gasteiger partial charge in [-0.15, -0.1) is 0 Å². The van der Waals surface area contributed by atoms with Crippen molar-refractivity contribution in [1.82, 2.24) is 9.55 Å². The van der Waals surface area contributed by atoms with Crippen LogP contribution in [0.5, 0.6) is 0 Å². The van der Waals surface area contributed by atoms with Crippen molar-refractivity contribution in [2.24, 2.45) is 5.73 Å². The zero-order valence-corrected chi connectivity index (χ0v) is 12.3. The molecule has 101 valence electrons. The molecular weight excluding hydrogens is 246 g/mol. The second kappa shape index (κ2) is 6.82. The van der Waals surface area contributed by atoms with E-state index in [0.29, 0.717) is 18.8 Å². The van der Waals surface area contributed by atoms with Gasteiger partial charge < -0.3 is 19.8 Å². The summed E-state index contributed by atoms with van der Waals surface area (Å²) in [6, 6.07) is 0.516. The van der Waals surface area contributed by atoms with E-state index in [1.54, 1.807) is 12.6 Å². The smallest absolute Gasteiger partial charge is 0.137 e. The summed E-state index contributed by atoms with van der Waals surface area (Å²) in [5.74, 6) is 0.669. The summed E-state index contributed by atoms with van der Waals surface area (Å²) in [5, 5.41) is 0. The van der Waals surface area contributed by atoms with Gasteiger partial charge in [0.25, 0.3) is 0 Å². The Balaban J connectivity index is 2.38. The fourth-order valence-corrected chi connectivity index (χ4v) is 2.10. The number of hydrogen-bond acceptors (Lipinski definition) is 4. The summed E-state index contributed by atoms with van der Waals surface area (Å²) < 4.78 is 7.46. The number of nitrogens with zero attached hydrogens (tertiary/aromatic N) is 2. The van der Waals surface area contributed by atoms with Crippen molar-refractivity contribution in [3.63, 3.8) is 0 Å². The van der Waals surface area contributed by atoms with Crippen molar-refractivity contribution in [3.05, 3.63) is 24.6 Å². The molecule has 0 bridgehead atoms. The van der Waals surface area contributed by atoms with Crippen LogP contribution in [0, 0.1) is 6.42 Å². The van der Waals surface area contributed by atoms with Gasteiger partial charge in [-0.2, -0.15) is 0 Å². The monoisotopic (exact) mass is 268 g/mol. The lowest BCUT2D eigenvalue weighted by Gasteiger charge is -2.16. The quantitative estimate of drug-likeness (QED) is 0.438. The Bertz CT molecular complexity index is 374. The number of ether oxygens (including phenoxy) is 1. The third kappa shape index (κ3) is 5.57. The number of imidazole rings is 1. The van der Waals surface area contributed by atoms with Gasteiger partial charge in [-0.3, -0.25) is 0 Å². The number of carbonyl (C=O) groups excluding carboxylic acids is 1. The molecule has 0 aromatic carbocycles. The molecular formula is C12H22N3O2Si. The first-order chi connectivity index (χ1) is 8.42. The molecule has 1 aromatic heterocycles. The first-order valence-electron chi connectivity index (χ1n) is 6.07. The largest absolute Gasteiger partial charge is 0.361 e. The number of rotatable bonds is 8. The van der Waals surface area contributed by atoms with Gasteiger partial charge in [0.1, 0.15) is 18.8 Å². The summed E-state index contributed by atoms with van der Waals surface area (Å²) in [7, 11) is -1.05. The molecule has 2 N–H and O–H groups in total. The van der Waals surface area contributed by atoms with Gasteiger partial charge in [0.2, 0.25) is 0 Å². The van der Waals surface area contributed by atoms with E-state index in [1.807, 2.05) is 10.8 Å². The number of aldehydes is 1. The van der Waals surface area contributed by atoms with Crippen LogP contribution < -0.4 is 5.73 Å². The van der Waals surface area contributed by atoms with E-state index in [-0.39, 0.29) is 0 Å². The molecule has 1 aromatic rings. The van der Waals surface area contributed by atoms with Crippen molar-refractivity contribution in [3.8, 4) is 0 Å². The highest BCUT2D eigenvalue weighted by Gasteiger charge is 2.13. The first-order valence-corrected chi connectivity index (χ1v) is 9.78. The van der Waals surface area contributed by atoms with E-state index in [9.17, 15) is 4.79 Å². The van der Waals surface area contributed by atoms with Gasteiger partial charge >= 0.3 is 0 Å². The van der Waals surface area contributed by atoms with Gasteiger partial charge in [-0.1, -0.05) is 19.6 Å². The Morgan fingerprint density at radius 1 is 1.56 bits per heavy atom. The normalized spacial score (nSPS) is 13.6. The summed E-state index contributed by atoms with van der Waals surface area (Å²) in [4.78, 5) is 14.6. The van der Waals surface area contributed by atoms with Crippen LogP contribution in [0.15, 0.2) is 12.4 Å². The second-order valence-corrected chi connectivity index (χ2v) is 11.1. The molecule has 6 heteroatoms. The zero-order valence-electron chi connectivity index (χ0n) is 11.3. The van der Waals surface area contributed by atoms with E-state index in [1.165, 1.54) is 0 Å². The molecule has 0 aliphatic rings. The van der Waals surface area contributed by atoms with Crippen molar-refractivity contribution in [2.45, 2.75) is 38.5 Å².